The van der Waals surface area contributed by atoms with Crippen LogP contribution in [0.5, 0.6) is 0 Å². The fraction of sp³-hybridized carbons (Fsp3) is 0.429. The van der Waals surface area contributed by atoms with Gasteiger partial charge in [0.15, 0.2) is 0 Å². The number of allylic oxidation sites excluding steroid dienone is 1. The van der Waals surface area contributed by atoms with Gasteiger partial charge >= 0.3 is 114 Å². The van der Waals surface area contributed by atoms with Crippen LogP contribution in [0.2, 0.25) is 0 Å². The zero-order chi connectivity index (χ0) is 13.9. The van der Waals surface area contributed by atoms with Crippen molar-refractivity contribution in [3.8, 4) is 0 Å². The molecule has 0 amide bonds. The van der Waals surface area contributed by atoms with Gasteiger partial charge in [-0.3, -0.25) is 0 Å². The molecule has 2 rings (SSSR count). The monoisotopic (exact) mass is 330 g/mol. The summed E-state index contributed by atoms with van der Waals surface area (Å²) in [5, 5.41) is 19.1. The van der Waals surface area contributed by atoms with Crippen molar-refractivity contribution in [3.63, 3.8) is 0 Å². The molecule has 0 aliphatic heterocycles. The number of benzene rings is 1. The van der Waals surface area contributed by atoms with Crippen molar-refractivity contribution in [1.82, 2.24) is 0 Å². The Hall–Kier alpha value is -1.00. The van der Waals surface area contributed by atoms with Crippen molar-refractivity contribution in [1.29, 1.82) is 0 Å². The Labute approximate surface area is 114 Å². The molecule has 0 saturated carbocycles. The summed E-state index contributed by atoms with van der Waals surface area (Å²) in [6.07, 6.45) is 3.15. The van der Waals surface area contributed by atoms with Crippen molar-refractivity contribution >= 4 is 17.2 Å². The number of hydrogen-bond donors (Lipinski definition) is 2. The molecule has 2 N–H and O–H groups in total. The Kier molecular flexibility index (Phi) is 4.21. The average molecular weight is 329 g/mol. The number of rotatable bonds is 5. The van der Waals surface area contributed by atoms with E-state index in [4.69, 9.17) is 5.11 Å². The summed E-state index contributed by atoms with van der Waals surface area (Å²) in [6.45, 7) is 0.00290. The topological polar surface area (TPSA) is 74.6 Å². The van der Waals surface area contributed by atoms with Crippen LogP contribution in [-0.4, -0.2) is 35.1 Å². The molecule has 1 aromatic rings. The minimum absolute atomic E-state index is 0.00290. The average Bonchev–Trinajstić information content (AvgIpc) is 2.81. The summed E-state index contributed by atoms with van der Waals surface area (Å²) < 4.78 is 25.6. The zero-order valence-electron chi connectivity index (χ0n) is 10.6. The third kappa shape index (κ3) is 3.12. The van der Waals surface area contributed by atoms with Crippen LogP contribution in [0.3, 0.4) is 0 Å². The van der Waals surface area contributed by atoms with Gasteiger partial charge in [0.2, 0.25) is 0 Å². The summed E-state index contributed by atoms with van der Waals surface area (Å²) in [4.78, 5) is 0. The SMILES string of the molecule is O=[Se](=O)(C1=CC(O)(CCCO)CC1)c1ccccc1. The van der Waals surface area contributed by atoms with E-state index in [-0.39, 0.29) is 6.61 Å². The summed E-state index contributed by atoms with van der Waals surface area (Å²) in [5.41, 5.74) is -1.08. The Morgan fingerprint density at radius 3 is 2.53 bits per heavy atom. The van der Waals surface area contributed by atoms with Crippen molar-refractivity contribution in [2.75, 3.05) is 6.61 Å². The molecule has 0 bridgehead atoms. The normalized spacial score (nSPS) is 23.4. The molecule has 0 saturated heterocycles. The van der Waals surface area contributed by atoms with E-state index in [0.717, 1.165) is 0 Å². The summed E-state index contributed by atoms with van der Waals surface area (Å²) in [7, 11) is 0. The van der Waals surface area contributed by atoms with Crippen molar-refractivity contribution in [2.24, 2.45) is 0 Å². The quantitative estimate of drug-likeness (QED) is 0.789. The minimum atomic E-state index is -4.34. The van der Waals surface area contributed by atoms with Gasteiger partial charge in [0.25, 0.3) is 0 Å². The summed E-state index contributed by atoms with van der Waals surface area (Å²) in [6, 6.07) is 8.35. The van der Waals surface area contributed by atoms with E-state index in [1.54, 1.807) is 30.3 Å². The van der Waals surface area contributed by atoms with Crippen LogP contribution in [0.15, 0.2) is 40.9 Å². The molecule has 0 spiro atoms. The van der Waals surface area contributed by atoms with E-state index < -0.39 is 18.3 Å². The van der Waals surface area contributed by atoms with Crippen LogP contribution in [0, 0.1) is 0 Å². The Morgan fingerprint density at radius 1 is 1.21 bits per heavy atom. The van der Waals surface area contributed by atoms with E-state index in [9.17, 15) is 12.8 Å². The van der Waals surface area contributed by atoms with Crippen molar-refractivity contribution < 1.29 is 17.9 Å². The molecule has 1 aromatic carbocycles. The fourth-order valence-corrected chi connectivity index (χ4v) is 5.61. The molecule has 0 radical (unpaired) electrons. The molecular formula is C14H18O4Se. The molecule has 0 heterocycles. The Bertz CT molecular complexity index is 562. The summed E-state index contributed by atoms with van der Waals surface area (Å²) in [5.74, 6) is 0. The van der Waals surface area contributed by atoms with Gasteiger partial charge < -0.3 is 0 Å². The van der Waals surface area contributed by atoms with Crippen LogP contribution in [0.4, 0.5) is 0 Å². The van der Waals surface area contributed by atoms with Gasteiger partial charge in [0, 0.05) is 0 Å². The van der Waals surface area contributed by atoms with Gasteiger partial charge in [-0.15, -0.1) is 0 Å². The first-order valence-electron chi connectivity index (χ1n) is 6.33. The molecule has 1 atom stereocenters. The molecule has 0 aromatic heterocycles. The van der Waals surface area contributed by atoms with E-state index in [1.165, 1.54) is 6.08 Å². The molecule has 5 heteroatoms. The zero-order valence-corrected chi connectivity index (χ0v) is 12.3. The van der Waals surface area contributed by atoms with Crippen LogP contribution in [-0.2, 0) is 7.67 Å². The third-order valence-corrected chi connectivity index (χ3v) is 7.40. The van der Waals surface area contributed by atoms with Crippen LogP contribution in [0.1, 0.15) is 25.7 Å². The maximum absolute atomic E-state index is 12.4. The number of hydrogen-bond acceptors (Lipinski definition) is 4. The van der Waals surface area contributed by atoms with E-state index >= 15 is 0 Å². The molecule has 19 heavy (non-hydrogen) atoms. The summed E-state index contributed by atoms with van der Waals surface area (Å²) >= 11 is -4.34. The van der Waals surface area contributed by atoms with Crippen LogP contribution in [0.25, 0.3) is 0 Å². The van der Waals surface area contributed by atoms with Gasteiger partial charge in [-0.2, -0.15) is 0 Å². The predicted molar refractivity (Wildman–Crippen MR) is 71.8 cm³/mol. The van der Waals surface area contributed by atoms with E-state index in [2.05, 4.69) is 0 Å². The second-order valence-corrected chi connectivity index (χ2v) is 9.06. The fourth-order valence-electron chi connectivity index (χ4n) is 2.33. The van der Waals surface area contributed by atoms with Crippen molar-refractivity contribution in [3.05, 3.63) is 40.9 Å². The standard InChI is InChI=1S/C14H18O4Se/c15-10-4-8-14(16)9-7-13(11-14)19(17,18)12-5-2-1-3-6-12/h1-3,5-6,11,15-16H,4,7-10H2. The first-order valence-corrected chi connectivity index (χ1v) is 9.44. The molecule has 104 valence electrons. The molecule has 1 unspecified atom stereocenters. The van der Waals surface area contributed by atoms with E-state index in [1.807, 2.05) is 0 Å². The van der Waals surface area contributed by atoms with Gasteiger partial charge in [-0.05, 0) is 0 Å². The van der Waals surface area contributed by atoms with Crippen molar-refractivity contribution in [2.45, 2.75) is 31.3 Å². The van der Waals surface area contributed by atoms with Gasteiger partial charge in [-0.25, -0.2) is 0 Å². The third-order valence-electron chi connectivity index (χ3n) is 3.40. The first-order chi connectivity index (χ1) is 8.98. The second kappa shape index (κ2) is 5.55. The number of aliphatic hydroxyl groups excluding tert-OH is 1. The van der Waals surface area contributed by atoms with Gasteiger partial charge in [0.05, 0.1) is 0 Å². The molecule has 4 nitrogen and oxygen atoms in total. The predicted octanol–water partition coefficient (Wildman–Crippen LogP) is 0.960. The van der Waals surface area contributed by atoms with Crippen LogP contribution < -0.4 is 4.46 Å². The number of aliphatic hydroxyl groups is 2. The molecule has 0 fully saturated rings. The van der Waals surface area contributed by atoms with Gasteiger partial charge in [-0.1, -0.05) is 0 Å². The Morgan fingerprint density at radius 2 is 1.89 bits per heavy atom. The van der Waals surface area contributed by atoms with Gasteiger partial charge in [0.1, 0.15) is 0 Å². The molecule has 1 aliphatic carbocycles. The second-order valence-electron chi connectivity index (χ2n) is 4.86. The molecular weight excluding hydrogens is 311 g/mol. The molecule has 1 aliphatic rings. The first kappa shape index (κ1) is 14.4. The van der Waals surface area contributed by atoms with Crippen LogP contribution >= 0.6 is 0 Å². The van der Waals surface area contributed by atoms with E-state index in [0.29, 0.717) is 34.6 Å². The Balaban J connectivity index is 2.26. The maximum atomic E-state index is 12.4.